The molecule has 0 atom stereocenters. The number of aromatic nitrogens is 1. The lowest BCUT2D eigenvalue weighted by atomic mass is 10.1. The third-order valence-electron chi connectivity index (χ3n) is 7.13. The van der Waals surface area contributed by atoms with E-state index in [1.807, 2.05) is 12.1 Å². The molecule has 9 nitrogen and oxygen atoms in total. The molecule has 5 N–H and O–H groups in total. The molecule has 1 aromatic heterocycles. The van der Waals surface area contributed by atoms with Gasteiger partial charge in [0.1, 0.15) is 22.4 Å². The van der Waals surface area contributed by atoms with Gasteiger partial charge >= 0.3 is 0 Å². The zero-order chi connectivity index (χ0) is 28.9. The Bertz CT molecular complexity index is 1410. The number of ether oxygens (including phenoxy) is 1. The number of halogens is 2. The number of pyridine rings is 1. The van der Waals surface area contributed by atoms with E-state index in [-0.39, 0.29) is 23.3 Å². The molecule has 5 rings (SSSR count). The number of nitrogen functional groups attached to an aromatic ring is 1. The summed E-state index contributed by atoms with van der Waals surface area (Å²) in [4.78, 5) is 22.8. The summed E-state index contributed by atoms with van der Waals surface area (Å²) >= 11 is 1.02. The summed E-state index contributed by atoms with van der Waals surface area (Å²) < 4.78 is 32.8. The zero-order valence-electron chi connectivity index (χ0n) is 22.8. The van der Waals surface area contributed by atoms with Crippen LogP contribution in [-0.2, 0) is 4.74 Å². The summed E-state index contributed by atoms with van der Waals surface area (Å²) in [5.74, 6) is -2.15. The molecule has 2 aromatic carbocycles. The lowest BCUT2D eigenvalue weighted by molar-refractivity contribution is 0.0904. The normalized spacial score (nSPS) is 16.4. The number of likely N-dealkylation sites (N-methyl/N-ethyl adjacent to an activating group) is 1. The van der Waals surface area contributed by atoms with Crippen molar-refractivity contribution in [1.82, 2.24) is 15.2 Å². The van der Waals surface area contributed by atoms with Gasteiger partial charge in [0.25, 0.3) is 5.91 Å². The highest BCUT2D eigenvalue weighted by molar-refractivity contribution is 7.99. The molecular formula is C29H33F2N7O2S. The van der Waals surface area contributed by atoms with E-state index in [1.54, 1.807) is 18.2 Å². The molecule has 0 bridgehead atoms. The Morgan fingerprint density at radius 3 is 2.46 bits per heavy atom. The second-order valence-electron chi connectivity index (χ2n) is 10.2. The number of rotatable bonds is 7. The number of hydrogen-bond acceptors (Lipinski definition) is 9. The third-order valence-corrected chi connectivity index (χ3v) is 8.04. The fourth-order valence-corrected chi connectivity index (χ4v) is 5.69. The average Bonchev–Trinajstić information content (AvgIpc) is 2.94. The van der Waals surface area contributed by atoms with Gasteiger partial charge in [-0.1, -0.05) is 11.8 Å². The summed E-state index contributed by atoms with van der Waals surface area (Å²) in [6.45, 7) is 5.02. The lowest BCUT2D eigenvalue weighted by Crippen LogP contribution is -2.44. The van der Waals surface area contributed by atoms with Gasteiger partial charge in [0.2, 0.25) is 0 Å². The standard InChI is InChI=1S/C29H33F2N7O2S/c1-37-8-10-38(11-9-37)21-2-3-23(25(17-21)34-20-6-12-40-13-7-20)29(39)36-28(33)27-24(32)4-5-26(35-27)41-22-15-18(30)14-19(31)16-22/h2-5,14-17,20,34H,6-13,32H2,1H3,(H2,33,36,39). The maximum atomic E-state index is 13.6. The second-order valence-corrected chi connectivity index (χ2v) is 11.3. The van der Waals surface area contributed by atoms with Gasteiger partial charge in [0.15, 0.2) is 5.84 Å². The van der Waals surface area contributed by atoms with E-state index in [0.717, 1.165) is 62.5 Å². The van der Waals surface area contributed by atoms with Gasteiger partial charge in [-0.25, -0.2) is 13.8 Å². The summed E-state index contributed by atoms with van der Waals surface area (Å²) in [5.41, 5.74) is 8.47. The lowest BCUT2D eigenvalue weighted by Gasteiger charge is -2.34. The molecule has 0 unspecified atom stereocenters. The average molecular weight is 582 g/mol. The molecule has 2 fully saturated rings. The van der Waals surface area contributed by atoms with E-state index in [0.29, 0.717) is 34.4 Å². The van der Waals surface area contributed by atoms with Crippen molar-refractivity contribution in [3.63, 3.8) is 0 Å². The molecule has 12 heteroatoms. The predicted molar refractivity (Wildman–Crippen MR) is 157 cm³/mol. The Morgan fingerprint density at radius 2 is 1.76 bits per heavy atom. The molecule has 2 saturated heterocycles. The Labute approximate surface area is 242 Å². The Balaban J connectivity index is 1.35. The highest BCUT2D eigenvalue weighted by Gasteiger charge is 2.22. The quantitative estimate of drug-likeness (QED) is 0.242. The molecule has 2 aliphatic heterocycles. The van der Waals surface area contributed by atoms with Crippen LogP contribution >= 0.6 is 11.8 Å². The van der Waals surface area contributed by atoms with Crippen molar-refractivity contribution in [2.75, 3.05) is 62.4 Å². The van der Waals surface area contributed by atoms with Crippen molar-refractivity contribution >= 4 is 40.6 Å². The van der Waals surface area contributed by atoms with Crippen LogP contribution in [0, 0.1) is 17.0 Å². The van der Waals surface area contributed by atoms with E-state index in [4.69, 9.17) is 15.9 Å². The number of nitrogens with two attached hydrogens (primary N) is 1. The number of carbonyl (C=O) groups excluding carboxylic acids is 1. The molecule has 41 heavy (non-hydrogen) atoms. The molecule has 216 valence electrons. The minimum absolute atomic E-state index is 0.0632. The van der Waals surface area contributed by atoms with E-state index >= 15 is 0 Å². The van der Waals surface area contributed by atoms with Crippen LogP contribution in [0.5, 0.6) is 0 Å². The van der Waals surface area contributed by atoms with Gasteiger partial charge in [-0.2, -0.15) is 0 Å². The summed E-state index contributed by atoms with van der Waals surface area (Å²) in [6.07, 6.45) is 1.66. The highest BCUT2D eigenvalue weighted by atomic mass is 32.2. The van der Waals surface area contributed by atoms with Crippen LogP contribution in [0.15, 0.2) is 58.5 Å². The van der Waals surface area contributed by atoms with Crippen molar-refractivity contribution in [3.05, 3.63) is 71.4 Å². The zero-order valence-corrected chi connectivity index (χ0v) is 23.6. The van der Waals surface area contributed by atoms with Crippen molar-refractivity contribution < 1.29 is 18.3 Å². The number of amidine groups is 1. The monoisotopic (exact) mass is 581 g/mol. The number of piperazine rings is 1. The molecule has 2 aliphatic rings. The van der Waals surface area contributed by atoms with Gasteiger partial charge in [-0.3, -0.25) is 10.2 Å². The smallest absolute Gasteiger partial charge is 0.258 e. The van der Waals surface area contributed by atoms with Gasteiger partial charge in [-0.15, -0.1) is 0 Å². The molecule has 0 aliphatic carbocycles. The number of benzene rings is 2. The van der Waals surface area contributed by atoms with Crippen LogP contribution in [-0.4, -0.2) is 74.1 Å². The topological polar surface area (TPSA) is 120 Å². The summed E-state index contributed by atoms with van der Waals surface area (Å²) in [7, 11) is 2.11. The van der Waals surface area contributed by atoms with Gasteiger partial charge in [0.05, 0.1) is 11.3 Å². The highest BCUT2D eigenvalue weighted by Crippen LogP contribution is 2.30. The van der Waals surface area contributed by atoms with Crippen molar-refractivity contribution in [1.29, 1.82) is 5.41 Å². The molecular weight excluding hydrogens is 548 g/mol. The fraction of sp³-hybridized carbons (Fsp3) is 0.345. The molecule has 3 aromatic rings. The first kappa shape index (κ1) is 28.8. The SMILES string of the molecule is CN1CCN(c2ccc(C(=O)NC(=N)c3nc(Sc4cc(F)cc(F)c4)ccc3N)c(NC3CCOCC3)c2)CC1. The van der Waals surface area contributed by atoms with Crippen molar-refractivity contribution in [2.24, 2.45) is 0 Å². The van der Waals surface area contributed by atoms with E-state index in [2.05, 4.69) is 32.5 Å². The van der Waals surface area contributed by atoms with Crippen molar-refractivity contribution in [2.45, 2.75) is 28.8 Å². The van der Waals surface area contributed by atoms with Crippen LogP contribution in [0.3, 0.4) is 0 Å². The maximum absolute atomic E-state index is 13.6. The number of anilines is 3. The van der Waals surface area contributed by atoms with Crippen LogP contribution < -0.4 is 21.3 Å². The molecule has 0 radical (unpaired) electrons. The first-order valence-electron chi connectivity index (χ1n) is 13.5. The molecule has 0 saturated carbocycles. The predicted octanol–water partition coefficient (Wildman–Crippen LogP) is 4.19. The largest absolute Gasteiger partial charge is 0.397 e. The Kier molecular flexibility index (Phi) is 9.01. The number of hydrogen-bond donors (Lipinski definition) is 4. The van der Waals surface area contributed by atoms with E-state index in [1.165, 1.54) is 12.1 Å². The summed E-state index contributed by atoms with van der Waals surface area (Å²) in [6, 6.07) is 12.2. The van der Waals surface area contributed by atoms with Crippen LogP contribution in [0.1, 0.15) is 28.9 Å². The summed E-state index contributed by atoms with van der Waals surface area (Å²) in [5, 5.41) is 15.1. The molecule has 1 amide bonds. The Morgan fingerprint density at radius 1 is 1.05 bits per heavy atom. The molecule has 3 heterocycles. The molecule has 0 spiro atoms. The van der Waals surface area contributed by atoms with Gasteiger partial charge in [0, 0.05) is 67.8 Å². The number of amides is 1. The first-order chi connectivity index (χ1) is 19.7. The number of carbonyl (C=O) groups is 1. The van der Waals surface area contributed by atoms with E-state index < -0.39 is 17.5 Å². The number of nitrogens with zero attached hydrogens (tertiary/aromatic N) is 3. The van der Waals surface area contributed by atoms with Crippen molar-refractivity contribution in [3.8, 4) is 0 Å². The minimum Gasteiger partial charge on any atom is -0.397 e. The minimum atomic E-state index is -0.702. The second kappa shape index (κ2) is 12.8. The number of nitrogens with one attached hydrogen (secondary N) is 3. The fourth-order valence-electron chi connectivity index (χ4n) is 4.83. The van der Waals surface area contributed by atoms with Crippen LogP contribution in [0.25, 0.3) is 0 Å². The third kappa shape index (κ3) is 7.32. The van der Waals surface area contributed by atoms with Crippen LogP contribution in [0.2, 0.25) is 0 Å². The van der Waals surface area contributed by atoms with E-state index in [9.17, 15) is 13.6 Å². The van der Waals surface area contributed by atoms with Crippen LogP contribution in [0.4, 0.5) is 25.8 Å². The van der Waals surface area contributed by atoms with Gasteiger partial charge < -0.3 is 30.9 Å². The first-order valence-corrected chi connectivity index (χ1v) is 14.3. The van der Waals surface area contributed by atoms with Gasteiger partial charge in [-0.05, 0) is 62.4 Å². The Hall–Kier alpha value is -3.74. The maximum Gasteiger partial charge on any atom is 0.258 e.